The summed E-state index contributed by atoms with van der Waals surface area (Å²) in [6.07, 6.45) is 3.14. The smallest absolute Gasteiger partial charge is 0.289 e. The maximum atomic E-state index is 13.4. The van der Waals surface area contributed by atoms with E-state index < -0.39 is 36.3 Å². The van der Waals surface area contributed by atoms with Gasteiger partial charge in [-0.2, -0.15) is 5.10 Å². The molecule has 0 aliphatic carbocycles. The highest BCUT2D eigenvalue weighted by Crippen LogP contribution is 2.34. The number of rotatable bonds is 9. The summed E-state index contributed by atoms with van der Waals surface area (Å²) in [4.78, 5) is 12.2. The molecule has 0 aliphatic heterocycles. The summed E-state index contributed by atoms with van der Waals surface area (Å²) in [5.41, 5.74) is 2.37. The van der Waals surface area contributed by atoms with Crippen molar-refractivity contribution in [2.75, 3.05) is 11.5 Å². The zero-order chi connectivity index (χ0) is 24.2. The molecule has 0 unspecified atom stereocenters. The number of hydrogen-bond acceptors (Lipinski definition) is 6. The third-order valence-corrected chi connectivity index (χ3v) is 8.84. The summed E-state index contributed by atoms with van der Waals surface area (Å²) in [6, 6.07) is 10.1. The first kappa shape index (κ1) is 24.6. The maximum Gasteiger partial charge on any atom is 0.289 e. The van der Waals surface area contributed by atoms with E-state index in [9.17, 15) is 26.0 Å². The Morgan fingerprint density at radius 3 is 2.30 bits per heavy atom. The normalized spacial score (nSPS) is 12.5. The van der Waals surface area contributed by atoms with Gasteiger partial charge in [-0.1, -0.05) is 32.0 Å². The van der Waals surface area contributed by atoms with Crippen LogP contribution < -0.4 is 5.43 Å². The van der Waals surface area contributed by atoms with Gasteiger partial charge >= 0.3 is 0 Å². The van der Waals surface area contributed by atoms with E-state index in [0.29, 0.717) is 5.56 Å². The molecule has 0 spiro atoms. The van der Waals surface area contributed by atoms with Gasteiger partial charge in [0.15, 0.2) is 19.7 Å². The number of nitrogens with one attached hydrogen (secondary N) is 1. The number of pyridine rings is 1. The predicted octanol–water partition coefficient (Wildman–Crippen LogP) is 3.21. The van der Waals surface area contributed by atoms with Crippen LogP contribution in [0.2, 0.25) is 0 Å². The Kier molecular flexibility index (Phi) is 7.33. The second kappa shape index (κ2) is 9.84. The van der Waals surface area contributed by atoms with Gasteiger partial charge in [0.2, 0.25) is 0 Å². The molecule has 0 aliphatic rings. The summed E-state index contributed by atoms with van der Waals surface area (Å²) in [6.45, 7) is 3.32. The topological polar surface area (TPSA) is 114 Å². The van der Waals surface area contributed by atoms with Crippen LogP contribution in [0.25, 0.3) is 5.52 Å². The molecule has 1 N–H and O–H groups in total. The lowest BCUT2D eigenvalue weighted by Gasteiger charge is -2.08. The van der Waals surface area contributed by atoms with Gasteiger partial charge in [0, 0.05) is 6.20 Å². The number of carbonyl (C=O) groups is 1. The highest BCUT2D eigenvalue weighted by atomic mass is 32.2. The number of nitrogens with zero attached hydrogens (tertiary/aromatic N) is 2. The van der Waals surface area contributed by atoms with Crippen LogP contribution in [0.1, 0.15) is 42.7 Å². The summed E-state index contributed by atoms with van der Waals surface area (Å²) in [7, 11) is -8.14. The number of fused-ring (bicyclic) bond motifs is 1. The van der Waals surface area contributed by atoms with Crippen molar-refractivity contribution in [1.82, 2.24) is 9.83 Å². The molecule has 2 aromatic heterocycles. The third kappa shape index (κ3) is 5.14. The lowest BCUT2D eigenvalue weighted by atomic mass is 10.2. The van der Waals surface area contributed by atoms with Gasteiger partial charge < -0.3 is 4.40 Å². The van der Waals surface area contributed by atoms with Crippen molar-refractivity contribution < 1.29 is 26.0 Å². The highest BCUT2D eigenvalue weighted by molar-refractivity contribution is 7.94. The lowest BCUT2D eigenvalue weighted by molar-refractivity contribution is 0.0945. The van der Waals surface area contributed by atoms with Crippen molar-refractivity contribution >= 4 is 37.3 Å². The number of amides is 1. The quantitative estimate of drug-likeness (QED) is 0.363. The fourth-order valence-corrected chi connectivity index (χ4v) is 7.49. The first-order valence-electron chi connectivity index (χ1n) is 10.3. The minimum absolute atomic E-state index is 0.0971. The summed E-state index contributed by atoms with van der Waals surface area (Å²) in [5, 5.41) is 3.79. The Bertz CT molecular complexity index is 1430. The number of hydrogen-bond donors (Lipinski definition) is 1. The number of benzene rings is 1. The van der Waals surface area contributed by atoms with E-state index in [-0.39, 0.29) is 40.5 Å². The Morgan fingerprint density at radius 2 is 1.67 bits per heavy atom. The molecular weight excluding hydrogens is 469 g/mol. The lowest BCUT2D eigenvalue weighted by Crippen LogP contribution is -2.23. The summed E-state index contributed by atoms with van der Waals surface area (Å²) >= 11 is 0. The largest absolute Gasteiger partial charge is 0.310 e. The maximum absolute atomic E-state index is 13.4. The van der Waals surface area contributed by atoms with Crippen LogP contribution in [0.4, 0.5) is 4.39 Å². The van der Waals surface area contributed by atoms with Crippen molar-refractivity contribution in [1.29, 1.82) is 0 Å². The van der Waals surface area contributed by atoms with Gasteiger partial charge in [-0.05, 0) is 42.7 Å². The summed E-state index contributed by atoms with van der Waals surface area (Å²) < 4.78 is 67.2. The first-order chi connectivity index (χ1) is 15.6. The van der Waals surface area contributed by atoms with E-state index in [1.807, 2.05) is 0 Å². The monoisotopic (exact) mass is 493 g/mol. The van der Waals surface area contributed by atoms with Crippen LogP contribution in [0, 0.1) is 5.82 Å². The van der Waals surface area contributed by atoms with Crippen molar-refractivity contribution in [3.8, 4) is 0 Å². The summed E-state index contributed by atoms with van der Waals surface area (Å²) in [5.74, 6) is -1.99. The first-order valence-corrected chi connectivity index (χ1v) is 13.6. The second-order valence-corrected chi connectivity index (χ2v) is 11.4. The van der Waals surface area contributed by atoms with Gasteiger partial charge in [-0.25, -0.2) is 26.7 Å². The second-order valence-electron chi connectivity index (χ2n) is 7.35. The van der Waals surface area contributed by atoms with Gasteiger partial charge in [-0.15, -0.1) is 0 Å². The zero-order valence-corrected chi connectivity index (χ0v) is 19.8. The van der Waals surface area contributed by atoms with E-state index in [4.69, 9.17) is 0 Å². The Hall–Kier alpha value is -3.05. The van der Waals surface area contributed by atoms with Crippen LogP contribution in [-0.4, -0.2) is 44.9 Å². The molecule has 1 aromatic carbocycles. The molecule has 11 heteroatoms. The molecule has 1 amide bonds. The minimum Gasteiger partial charge on any atom is -0.310 e. The number of halogens is 1. The highest BCUT2D eigenvalue weighted by Gasteiger charge is 2.36. The van der Waals surface area contributed by atoms with Crippen LogP contribution in [0.15, 0.2) is 63.6 Å². The fourth-order valence-electron chi connectivity index (χ4n) is 3.50. The molecule has 0 bridgehead atoms. The van der Waals surface area contributed by atoms with Gasteiger partial charge in [0.25, 0.3) is 5.91 Å². The molecule has 0 fully saturated rings. The van der Waals surface area contributed by atoms with Crippen LogP contribution in [0.5, 0.6) is 0 Å². The SMILES string of the molecule is CCCS(=O)(=O)c1c(S(=O)(=O)CCC)c2ccccn2c1C(=O)N/N=C/c1cccc(F)c1. The fraction of sp³-hybridized carbons (Fsp3) is 0.273. The average Bonchev–Trinajstić information content (AvgIpc) is 3.11. The molecular formula is C22H24FN3O5S2. The molecule has 8 nitrogen and oxygen atoms in total. The number of aromatic nitrogens is 1. The Balaban J connectivity index is 2.21. The molecule has 3 rings (SSSR count). The van der Waals surface area contributed by atoms with Crippen LogP contribution in [0.3, 0.4) is 0 Å². The van der Waals surface area contributed by atoms with Crippen molar-refractivity contribution in [3.05, 3.63) is 65.7 Å². The number of hydrazone groups is 1. The van der Waals surface area contributed by atoms with E-state index in [2.05, 4.69) is 10.5 Å². The molecule has 33 heavy (non-hydrogen) atoms. The van der Waals surface area contributed by atoms with E-state index in [1.54, 1.807) is 32.0 Å². The molecule has 2 heterocycles. The molecule has 0 saturated carbocycles. The molecule has 0 atom stereocenters. The van der Waals surface area contributed by atoms with Crippen molar-refractivity contribution in [2.24, 2.45) is 5.10 Å². The van der Waals surface area contributed by atoms with Crippen LogP contribution in [-0.2, 0) is 19.7 Å². The van der Waals surface area contributed by atoms with Gasteiger partial charge in [0.05, 0.1) is 23.2 Å². The van der Waals surface area contributed by atoms with E-state index in [0.717, 1.165) is 0 Å². The molecule has 176 valence electrons. The standard InChI is InChI=1S/C22H24FN3O5S2/c1-3-12-32(28,29)20-18-10-5-6-11-26(18)19(21(20)33(30,31)13-4-2)22(27)25-24-15-16-8-7-9-17(23)14-16/h5-11,14-15H,3-4,12-13H2,1-2H3,(H,25,27)/b24-15+. The van der Waals surface area contributed by atoms with Crippen molar-refractivity contribution in [2.45, 2.75) is 36.5 Å². The Morgan fingerprint density at radius 1 is 1.00 bits per heavy atom. The van der Waals surface area contributed by atoms with E-state index >= 15 is 0 Å². The van der Waals surface area contributed by atoms with Crippen LogP contribution >= 0.6 is 0 Å². The number of carbonyl (C=O) groups excluding carboxylic acids is 1. The van der Waals surface area contributed by atoms with Gasteiger partial charge in [0.1, 0.15) is 21.3 Å². The predicted molar refractivity (Wildman–Crippen MR) is 124 cm³/mol. The zero-order valence-electron chi connectivity index (χ0n) is 18.2. The molecule has 3 aromatic rings. The van der Waals surface area contributed by atoms with Crippen molar-refractivity contribution in [3.63, 3.8) is 0 Å². The van der Waals surface area contributed by atoms with E-state index in [1.165, 1.54) is 41.1 Å². The van der Waals surface area contributed by atoms with Gasteiger partial charge in [-0.3, -0.25) is 4.79 Å². The number of sulfone groups is 2. The Labute approximate surface area is 192 Å². The third-order valence-electron chi connectivity index (χ3n) is 4.77. The molecule has 0 radical (unpaired) electrons. The average molecular weight is 494 g/mol. The molecule has 0 saturated heterocycles. The minimum atomic E-state index is -4.13.